The van der Waals surface area contributed by atoms with Crippen molar-refractivity contribution in [2.75, 3.05) is 41.0 Å². The average Bonchev–Trinajstić information content (AvgIpc) is 2.72. The van der Waals surface area contributed by atoms with Gasteiger partial charge in [-0.25, -0.2) is 17.2 Å². The summed E-state index contributed by atoms with van der Waals surface area (Å²) in [6.45, 7) is 0.853. The van der Waals surface area contributed by atoms with Gasteiger partial charge in [0.1, 0.15) is 6.04 Å². The summed E-state index contributed by atoms with van der Waals surface area (Å²) in [6.07, 6.45) is 0.980. The van der Waals surface area contributed by atoms with Gasteiger partial charge in [-0.1, -0.05) is 0 Å². The highest BCUT2D eigenvalue weighted by atomic mass is 32.3. The van der Waals surface area contributed by atoms with Crippen LogP contribution in [0.25, 0.3) is 0 Å². The molecular formula is C21H25F2NO6S. The Morgan fingerprint density at radius 2 is 1.77 bits per heavy atom. The fourth-order valence-corrected chi connectivity index (χ4v) is 4.62. The number of benzene rings is 2. The standard InChI is InChI=1S/C21H25F2NO6S/c1-24(8-4-10-30-31(25,26)27)9-7-14-12-19(28-2)20(29-3)13-16(14)21(24)15-5-6-17(22)18(23)11-15/h5-6,11-13,21H,4,7-10H2,1-3H3/t21-,24-/m0/s1. The summed E-state index contributed by atoms with van der Waals surface area (Å²) >= 11 is 0. The van der Waals surface area contributed by atoms with Gasteiger partial charge < -0.3 is 18.5 Å². The van der Waals surface area contributed by atoms with E-state index >= 15 is 0 Å². The van der Waals surface area contributed by atoms with Gasteiger partial charge in [0.15, 0.2) is 23.1 Å². The fourth-order valence-electron chi connectivity index (χ4n) is 4.30. The molecule has 2 atom stereocenters. The maximum atomic E-state index is 14.1. The van der Waals surface area contributed by atoms with E-state index in [0.717, 1.165) is 17.2 Å². The molecular weight excluding hydrogens is 432 g/mol. The molecule has 1 aliphatic rings. The number of nitrogens with zero attached hydrogens (tertiary/aromatic N) is 1. The second-order valence-electron chi connectivity index (χ2n) is 7.74. The molecule has 3 rings (SSSR count). The first-order valence-corrected chi connectivity index (χ1v) is 11.1. The lowest BCUT2D eigenvalue weighted by Crippen LogP contribution is -2.52. The van der Waals surface area contributed by atoms with Crippen LogP contribution in [0.5, 0.6) is 11.5 Å². The van der Waals surface area contributed by atoms with E-state index in [1.807, 2.05) is 19.2 Å². The summed E-state index contributed by atoms with van der Waals surface area (Å²) in [6, 6.07) is 7.18. The normalized spacial score (nSPS) is 20.9. The summed E-state index contributed by atoms with van der Waals surface area (Å²) in [5.41, 5.74) is 2.46. The van der Waals surface area contributed by atoms with Crippen molar-refractivity contribution >= 4 is 10.4 Å². The molecule has 0 aromatic heterocycles. The van der Waals surface area contributed by atoms with Crippen molar-refractivity contribution in [3.8, 4) is 11.5 Å². The van der Waals surface area contributed by atoms with Gasteiger partial charge in [-0.3, -0.25) is 4.18 Å². The summed E-state index contributed by atoms with van der Waals surface area (Å²) in [5, 5.41) is 0. The van der Waals surface area contributed by atoms with Gasteiger partial charge in [0.05, 0.1) is 41.0 Å². The Morgan fingerprint density at radius 3 is 2.39 bits per heavy atom. The monoisotopic (exact) mass is 457 g/mol. The Hall–Kier alpha value is -2.27. The van der Waals surface area contributed by atoms with E-state index in [9.17, 15) is 21.8 Å². The van der Waals surface area contributed by atoms with Crippen LogP contribution in [-0.2, 0) is 21.0 Å². The van der Waals surface area contributed by atoms with Crippen LogP contribution < -0.4 is 9.47 Å². The van der Waals surface area contributed by atoms with Crippen LogP contribution in [0.1, 0.15) is 29.2 Å². The van der Waals surface area contributed by atoms with Crippen molar-refractivity contribution in [3.63, 3.8) is 0 Å². The SMILES string of the molecule is COc1cc2c(cc1OC)[C@H](c1ccc(F)c(F)c1)[N@@+](C)(CCCOS(=O)(=O)[O-])CC2. The number of hydrogen-bond acceptors (Lipinski definition) is 6. The van der Waals surface area contributed by atoms with E-state index in [0.29, 0.717) is 47.5 Å². The van der Waals surface area contributed by atoms with Crippen LogP contribution in [0.15, 0.2) is 30.3 Å². The van der Waals surface area contributed by atoms with Crippen molar-refractivity contribution in [3.05, 3.63) is 58.7 Å². The van der Waals surface area contributed by atoms with Crippen LogP contribution in [0.3, 0.4) is 0 Å². The second-order valence-corrected chi connectivity index (χ2v) is 8.79. The lowest BCUT2D eigenvalue weighted by atomic mass is 9.85. The molecule has 0 saturated heterocycles. The predicted molar refractivity (Wildman–Crippen MR) is 108 cm³/mol. The van der Waals surface area contributed by atoms with Crippen molar-refractivity contribution in [2.24, 2.45) is 0 Å². The highest BCUT2D eigenvalue weighted by molar-refractivity contribution is 7.80. The molecule has 0 spiro atoms. The van der Waals surface area contributed by atoms with E-state index in [4.69, 9.17) is 9.47 Å². The predicted octanol–water partition coefficient (Wildman–Crippen LogP) is 2.94. The van der Waals surface area contributed by atoms with Gasteiger partial charge in [0.2, 0.25) is 10.4 Å². The van der Waals surface area contributed by atoms with Crippen molar-refractivity contribution < 1.29 is 39.9 Å². The van der Waals surface area contributed by atoms with Crippen LogP contribution in [0.2, 0.25) is 0 Å². The molecule has 7 nitrogen and oxygen atoms in total. The molecule has 0 saturated carbocycles. The van der Waals surface area contributed by atoms with Gasteiger partial charge >= 0.3 is 0 Å². The molecule has 0 amide bonds. The lowest BCUT2D eigenvalue weighted by molar-refractivity contribution is -0.935. The molecule has 10 heteroatoms. The van der Waals surface area contributed by atoms with Crippen molar-refractivity contribution in [1.29, 1.82) is 0 Å². The summed E-state index contributed by atoms with van der Waals surface area (Å²) in [7, 11) is 0.257. The number of methoxy groups -OCH3 is 2. The van der Waals surface area contributed by atoms with Crippen LogP contribution in [0, 0.1) is 11.6 Å². The minimum absolute atomic E-state index is 0.247. The highest BCUT2D eigenvalue weighted by Crippen LogP contribution is 2.44. The summed E-state index contributed by atoms with van der Waals surface area (Å²) < 4.78 is 75.5. The molecule has 1 aliphatic heterocycles. The first-order valence-electron chi connectivity index (χ1n) is 9.72. The molecule has 0 fully saturated rings. The molecule has 0 N–H and O–H groups in total. The highest BCUT2D eigenvalue weighted by Gasteiger charge is 2.41. The van der Waals surface area contributed by atoms with Crippen molar-refractivity contribution in [2.45, 2.75) is 18.9 Å². The van der Waals surface area contributed by atoms with E-state index in [2.05, 4.69) is 4.18 Å². The van der Waals surface area contributed by atoms with E-state index in [1.165, 1.54) is 13.2 Å². The Balaban J connectivity index is 2.04. The first-order chi connectivity index (χ1) is 14.6. The molecule has 1 heterocycles. The van der Waals surface area contributed by atoms with Crippen LogP contribution in [0.4, 0.5) is 8.78 Å². The fraction of sp³-hybridized carbons (Fsp3) is 0.429. The number of quaternary nitrogens is 1. The third-order valence-corrected chi connectivity index (χ3v) is 6.21. The zero-order chi connectivity index (χ0) is 22.8. The molecule has 170 valence electrons. The average molecular weight is 457 g/mol. The number of hydrogen-bond donors (Lipinski definition) is 0. The van der Waals surface area contributed by atoms with E-state index in [1.54, 1.807) is 13.2 Å². The van der Waals surface area contributed by atoms with Gasteiger partial charge in [0.25, 0.3) is 0 Å². The lowest BCUT2D eigenvalue weighted by Gasteiger charge is -2.46. The van der Waals surface area contributed by atoms with Gasteiger partial charge in [-0.05, 0) is 35.9 Å². The minimum Gasteiger partial charge on any atom is -0.726 e. The Bertz CT molecular complexity index is 1060. The Morgan fingerprint density at radius 1 is 1.10 bits per heavy atom. The third-order valence-electron chi connectivity index (χ3n) is 5.76. The minimum atomic E-state index is -4.77. The molecule has 0 aliphatic carbocycles. The Kier molecular flexibility index (Phi) is 6.85. The Labute approximate surface area is 180 Å². The van der Waals surface area contributed by atoms with E-state index in [-0.39, 0.29) is 12.6 Å². The topological polar surface area (TPSA) is 84.9 Å². The number of rotatable bonds is 8. The molecule has 2 aromatic rings. The van der Waals surface area contributed by atoms with Crippen molar-refractivity contribution in [1.82, 2.24) is 0 Å². The number of likely N-dealkylation sites (N-methyl/N-ethyl adjacent to an activating group) is 1. The molecule has 0 radical (unpaired) electrons. The van der Waals surface area contributed by atoms with Gasteiger partial charge in [-0.15, -0.1) is 0 Å². The summed E-state index contributed by atoms with van der Waals surface area (Å²) in [5.74, 6) is -0.786. The summed E-state index contributed by atoms with van der Waals surface area (Å²) in [4.78, 5) is 0. The van der Waals surface area contributed by atoms with Gasteiger partial charge in [0, 0.05) is 24.0 Å². The molecule has 0 unspecified atom stereocenters. The van der Waals surface area contributed by atoms with Gasteiger partial charge in [-0.2, -0.15) is 0 Å². The number of ether oxygens (including phenoxy) is 2. The van der Waals surface area contributed by atoms with E-state index < -0.39 is 22.0 Å². The van der Waals surface area contributed by atoms with Crippen LogP contribution in [-0.4, -0.2) is 58.4 Å². The maximum Gasteiger partial charge on any atom is 0.217 e. The number of fused-ring (bicyclic) bond motifs is 1. The second kappa shape index (κ2) is 9.07. The maximum absolute atomic E-state index is 14.1. The molecule has 0 bridgehead atoms. The third kappa shape index (κ3) is 5.15. The number of halogens is 2. The molecule has 2 aromatic carbocycles. The quantitative estimate of drug-likeness (QED) is 0.262. The smallest absolute Gasteiger partial charge is 0.217 e. The first kappa shape index (κ1) is 23.4. The molecule has 31 heavy (non-hydrogen) atoms. The zero-order valence-electron chi connectivity index (χ0n) is 17.6. The largest absolute Gasteiger partial charge is 0.726 e. The zero-order valence-corrected chi connectivity index (χ0v) is 18.4. The van der Waals surface area contributed by atoms with Crippen LogP contribution >= 0.6 is 0 Å².